The van der Waals surface area contributed by atoms with Crippen molar-refractivity contribution >= 4 is 27.5 Å². The molecule has 1 unspecified atom stereocenters. The fourth-order valence-electron chi connectivity index (χ4n) is 1.99. The molecule has 2 rings (SSSR count). The maximum Gasteiger partial charge on any atom is 0.130 e. The summed E-state index contributed by atoms with van der Waals surface area (Å²) in [6.07, 6.45) is -1.20. The number of hydrogen-bond acceptors (Lipinski definition) is 2. The topological polar surface area (TPSA) is 29.5 Å². The van der Waals surface area contributed by atoms with Crippen molar-refractivity contribution in [1.29, 1.82) is 0 Å². The van der Waals surface area contributed by atoms with Gasteiger partial charge in [-0.05, 0) is 36.8 Å². The lowest BCUT2D eigenvalue weighted by Crippen LogP contribution is -2.06. The summed E-state index contributed by atoms with van der Waals surface area (Å²) in [5.74, 6) is -0.0683. The average molecular weight is 360 g/mol. The Morgan fingerprint density at radius 3 is 2.65 bits per heavy atom. The largest absolute Gasteiger partial charge is 0.496 e. The summed E-state index contributed by atoms with van der Waals surface area (Å²) >= 11 is 9.38. The van der Waals surface area contributed by atoms with Crippen molar-refractivity contribution in [3.63, 3.8) is 0 Å². The minimum absolute atomic E-state index is 0.0446. The van der Waals surface area contributed by atoms with Gasteiger partial charge >= 0.3 is 0 Å². The second-order valence-corrected chi connectivity index (χ2v) is 5.64. The molecule has 5 heteroatoms. The van der Waals surface area contributed by atoms with Crippen molar-refractivity contribution in [2.45, 2.75) is 13.0 Å². The van der Waals surface area contributed by atoms with Crippen LogP contribution >= 0.6 is 27.5 Å². The number of rotatable bonds is 3. The summed E-state index contributed by atoms with van der Waals surface area (Å²) in [6, 6.07) is 7.79. The molecule has 0 aromatic heterocycles. The molecule has 0 fully saturated rings. The Balaban J connectivity index is 2.59. The predicted molar refractivity (Wildman–Crippen MR) is 80.9 cm³/mol. The van der Waals surface area contributed by atoms with Gasteiger partial charge in [-0.3, -0.25) is 0 Å². The van der Waals surface area contributed by atoms with E-state index in [2.05, 4.69) is 15.9 Å². The van der Waals surface area contributed by atoms with E-state index in [1.807, 2.05) is 6.92 Å². The van der Waals surface area contributed by atoms with Gasteiger partial charge in [-0.2, -0.15) is 0 Å². The van der Waals surface area contributed by atoms with Crippen LogP contribution in [0, 0.1) is 12.7 Å². The summed E-state index contributed by atoms with van der Waals surface area (Å²) < 4.78 is 20.0. The molecule has 0 aliphatic rings. The van der Waals surface area contributed by atoms with E-state index in [0.717, 1.165) is 10.0 Å². The minimum atomic E-state index is -1.20. The van der Waals surface area contributed by atoms with E-state index in [1.54, 1.807) is 18.2 Å². The zero-order chi connectivity index (χ0) is 14.9. The van der Waals surface area contributed by atoms with Crippen molar-refractivity contribution < 1.29 is 14.2 Å². The molecule has 0 spiro atoms. The molecule has 0 heterocycles. The van der Waals surface area contributed by atoms with Crippen LogP contribution in [0.2, 0.25) is 5.02 Å². The van der Waals surface area contributed by atoms with Crippen LogP contribution in [-0.4, -0.2) is 12.2 Å². The number of hydrogen-bond donors (Lipinski definition) is 1. The predicted octanol–water partition coefficient (Wildman–Crippen LogP) is 4.64. The summed E-state index contributed by atoms with van der Waals surface area (Å²) in [6.45, 7) is 1.90. The van der Waals surface area contributed by atoms with Crippen molar-refractivity contribution in [3.05, 3.63) is 62.3 Å². The first-order chi connectivity index (χ1) is 9.45. The van der Waals surface area contributed by atoms with Crippen molar-refractivity contribution in [3.8, 4) is 5.75 Å². The maximum atomic E-state index is 13.9. The molecular formula is C15H13BrClFO2. The highest BCUT2D eigenvalue weighted by Gasteiger charge is 2.22. The second kappa shape index (κ2) is 6.12. The first kappa shape index (κ1) is 15.3. The number of methoxy groups -OCH3 is 1. The quantitative estimate of drug-likeness (QED) is 0.865. The van der Waals surface area contributed by atoms with Gasteiger partial charge in [0.2, 0.25) is 0 Å². The Kier molecular flexibility index (Phi) is 4.68. The Labute approximate surface area is 130 Å². The molecule has 20 heavy (non-hydrogen) atoms. The van der Waals surface area contributed by atoms with Crippen LogP contribution in [0.3, 0.4) is 0 Å². The molecule has 0 amide bonds. The molecule has 0 saturated carbocycles. The zero-order valence-corrected chi connectivity index (χ0v) is 13.3. The molecule has 0 radical (unpaired) electrons. The van der Waals surface area contributed by atoms with Gasteiger partial charge in [-0.1, -0.05) is 33.6 Å². The lowest BCUT2D eigenvalue weighted by molar-refractivity contribution is 0.209. The number of aliphatic hydroxyl groups is 1. The molecule has 0 aliphatic carbocycles. The van der Waals surface area contributed by atoms with Crippen LogP contribution < -0.4 is 4.74 Å². The Morgan fingerprint density at radius 1 is 1.35 bits per heavy atom. The van der Waals surface area contributed by atoms with Crippen LogP contribution in [0.15, 0.2) is 34.8 Å². The monoisotopic (exact) mass is 358 g/mol. The number of aliphatic hydroxyl groups excluding tert-OH is 1. The molecule has 2 aromatic rings. The summed E-state index contributed by atoms with van der Waals surface area (Å²) in [5, 5.41) is 10.6. The van der Waals surface area contributed by atoms with E-state index < -0.39 is 11.9 Å². The minimum Gasteiger partial charge on any atom is -0.496 e. The molecule has 106 valence electrons. The normalized spacial score (nSPS) is 12.3. The van der Waals surface area contributed by atoms with E-state index in [0.29, 0.717) is 11.3 Å². The molecular weight excluding hydrogens is 347 g/mol. The van der Waals surface area contributed by atoms with Crippen LogP contribution in [-0.2, 0) is 0 Å². The van der Waals surface area contributed by atoms with Gasteiger partial charge in [-0.25, -0.2) is 4.39 Å². The first-order valence-corrected chi connectivity index (χ1v) is 7.08. The Bertz CT molecular complexity index is 626. The summed E-state index contributed by atoms with van der Waals surface area (Å²) in [5.41, 5.74) is 1.46. The fourth-order valence-corrected chi connectivity index (χ4v) is 2.62. The van der Waals surface area contributed by atoms with Gasteiger partial charge in [0.05, 0.1) is 7.11 Å². The summed E-state index contributed by atoms with van der Waals surface area (Å²) in [4.78, 5) is 0. The van der Waals surface area contributed by atoms with Crippen molar-refractivity contribution in [2.24, 2.45) is 0 Å². The third-order valence-electron chi connectivity index (χ3n) is 3.08. The van der Waals surface area contributed by atoms with E-state index in [-0.39, 0.29) is 10.6 Å². The smallest absolute Gasteiger partial charge is 0.130 e. The number of benzene rings is 2. The highest BCUT2D eigenvalue weighted by molar-refractivity contribution is 9.10. The molecule has 0 bridgehead atoms. The van der Waals surface area contributed by atoms with Gasteiger partial charge in [0.1, 0.15) is 17.7 Å². The van der Waals surface area contributed by atoms with Gasteiger partial charge < -0.3 is 9.84 Å². The van der Waals surface area contributed by atoms with Crippen LogP contribution in [0.5, 0.6) is 5.75 Å². The van der Waals surface area contributed by atoms with Crippen molar-refractivity contribution in [1.82, 2.24) is 0 Å². The lowest BCUT2D eigenvalue weighted by atomic mass is 9.99. The second-order valence-electron chi connectivity index (χ2n) is 4.38. The first-order valence-electron chi connectivity index (χ1n) is 5.91. The highest BCUT2D eigenvalue weighted by atomic mass is 79.9. The molecule has 2 aromatic carbocycles. The molecule has 1 atom stereocenters. The highest BCUT2D eigenvalue weighted by Crippen LogP contribution is 2.37. The number of halogens is 3. The van der Waals surface area contributed by atoms with E-state index in [9.17, 15) is 9.50 Å². The number of aryl methyl sites for hydroxylation is 1. The zero-order valence-electron chi connectivity index (χ0n) is 11.0. The maximum absolute atomic E-state index is 13.9. The molecule has 0 aliphatic heterocycles. The lowest BCUT2D eigenvalue weighted by Gasteiger charge is -2.18. The Morgan fingerprint density at radius 2 is 2.05 bits per heavy atom. The molecule has 2 nitrogen and oxygen atoms in total. The van der Waals surface area contributed by atoms with Gasteiger partial charge in [0.15, 0.2) is 0 Å². The summed E-state index contributed by atoms with van der Waals surface area (Å²) in [7, 11) is 1.50. The van der Waals surface area contributed by atoms with E-state index in [4.69, 9.17) is 16.3 Å². The molecule has 1 N–H and O–H groups in total. The van der Waals surface area contributed by atoms with Crippen molar-refractivity contribution in [2.75, 3.05) is 7.11 Å². The van der Waals surface area contributed by atoms with Gasteiger partial charge in [-0.15, -0.1) is 0 Å². The van der Waals surface area contributed by atoms with Crippen LogP contribution in [0.1, 0.15) is 22.8 Å². The van der Waals surface area contributed by atoms with E-state index >= 15 is 0 Å². The Hall–Kier alpha value is -1.10. The SMILES string of the molecule is COc1cc(C)c(Br)cc1C(O)c1c(F)cccc1Cl. The van der Waals surface area contributed by atoms with Crippen LogP contribution in [0.25, 0.3) is 0 Å². The third-order valence-corrected chi connectivity index (χ3v) is 4.26. The third kappa shape index (κ3) is 2.82. The standard InChI is InChI=1S/C15H13BrClFO2/c1-8-6-13(20-2)9(7-10(8)16)15(19)14-11(17)4-3-5-12(14)18/h3-7,15,19H,1-2H3. The van der Waals surface area contributed by atoms with E-state index in [1.165, 1.54) is 19.2 Å². The fraction of sp³-hybridized carbons (Fsp3) is 0.200. The van der Waals surface area contributed by atoms with Gasteiger partial charge in [0.25, 0.3) is 0 Å². The molecule has 0 saturated heterocycles. The van der Waals surface area contributed by atoms with Crippen LogP contribution in [0.4, 0.5) is 4.39 Å². The number of ether oxygens (including phenoxy) is 1. The van der Waals surface area contributed by atoms with Gasteiger partial charge in [0, 0.05) is 20.6 Å². The average Bonchev–Trinajstić information content (AvgIpc) is 2.41.